The molecule has 0 aliphatic heterocycles. The molecule has 0 aliphatic carbocycles. The summed E-state index contributed by atoms with van der Waals surface area (Å²) in [5.74, 6) is -0.833. The molecular formula is C15H12N2O2. The first-order valence-corrected chi connectivity index (χ1v) is 5.98. The minimum absolute atomic E-state index is 0.0117. The van der Waals surface area contributed by atoms with Gasteiger partial charge in [-0.1, -0.05) is 30.3 Å². The smallest absolute Gasteiger partial charge is 0.307 e. The van der Waals surface area contributed by atoms with Gasteiger partial charge in [-0.3, -0.25) is 4.79 Å². The van der Waals surface area contributed by atoms with Gasteiger partial charge in [0.15, 0.2) is 0 Å². The van der Waals surface area contributed by atoms with Crippen LogP contribution in [0.3, 0.4) is 0 Å². The van der Waals surface area contributed by atoms with Crippen LogP contribution in [0.2, 0.25) is 0 Å². The number of hydrogen-bond donors (Lipinski definition) is 1. The van der Waals surface area contributed by atoms with Crippen molar-refractivity contribution in [1.29, 1.82) is 0 Å². The number of rotatable bonds is 3. The van der Waals surface area contributed by atoms with E-state index < -0.39 is 5.97 Å². The van der Waals surface area contributed by atoms with Crippen molar-refractivity contribution in [2.24, 2.45) is 0 Å². The number of nitrogens with zero attached hydrogens (tertiary/aromatic N) is 2. The minimum atomic E-state index is -0.833. The van der Waals surface area contributed by atoms with Crippen molar-refractivity contribution in [2.75, 3.05) is 0 Å². The molecule has 0 aliphatic rings. The molecule has 0 fully saturated rings. The molecule has 0 unspecified atom stereocenters. The normalized spacial score (nSPS) is 10.7. The van der Waals surface area contributed by atoms with E-state index in [1.54, 1.807) is 6.20 Å². The zero-order valence-corrected chi connectivity index (χ0v) is 10.2. The van der Waals surface area contributed by atoms with E-state index in [0.717, 1.165) is 22.2 Å². The molecule has 0 atom stereocenters. The first-order chi connectivity index (χ1) is 9.25. The average Bonchev–Trinajstić information content (AvgIpc) is 2.84. The second-order valence-electron chi connectivity index (χ2n) is 4.31. The number of carbonyl (C=O) groups is 1. The zero-order valence-electron chi connectivity index (χ0n) is 10.2. The summed E-state index contributed by atoms with van der Waals surface area (Å²) in [4.78, 5) is 10.9. The first-order valence-electron chi connectivity index (χ1n) is 5.98. The molecule has 1 heterocycles. The quantitative estimate of drug-likeness (QED) is 0.779. The molecule has 4 heteroatoms. The van der Waals surface area contributed by atoms with E-state index in [0.29, 0.717) is 0 Å². The minimum Gasteiger partial charge on any atom is -0.481 e. The molecule has 3 aromatic rings. The largest absolute Gasteiger partial charge is 0.481 e. The monoisotopic (exact) mass is 252 g/mol. The Labute approximate surface area is 109 Å². The standard InChI is InChI=1S/C15H12N2O2/c18-15(19)9-11-5-4-8-14-13(11)10-16-17(14)12-6-2-1-3-7-12/h1-8,10H,9H2,(H,18,19). The van der Waals surface area contributed by atoms with Crippen LogP contribution in [0.1, 0.15) is 5.56 Å². The molecule has 0 radical (unpaired) electrons. The van der Waals surface area contributed by atoms with Gasteiger partial charge in [-0.05, 0) is 23.8 Å². The van der Waals surface area contributed by atoms with Crippen LogP contribution in [0.5, 0.6) is 0 Å². The van der Waals surface area contributed by atoms with Crippen LogP contribution in [-0.2, 0) is 11.2 Å². The van der Waals surface area contributed by atoms with Gasteiger partial charge in [0, 0.05) is 5.39 Å². The highest BCUT2D eigenvalue weighted by Gasteiger charge is 2.10. The summed E-state index contributed by atoms with van der Waals surface area (Å²) in [5, 5.41) is 14.2. The Morgan fingerprint density at radius 1 is 1.11 bits per heavy atom. The van der Waals surface area contributed by atoms with Crippen molar-refractivity contribution in [3.05, 3.63) is 60.3 Å². The molecule has 0 saturated carbocycles. The second kappa shape index (κ2) is 4.57. The average molecular weight is 252 g/mol. The van der Waals surface area contributed by atoms with E-state index in [9.17, 15) is 4.79 Å². The predicted molar refractivity (Wildman–Crippen MR) is 72.4 cm³/mol. The molecule has 0 saturated heterocycles. The Morgan fingerprint density at radius 2 is 1.89 bits per heavy atom. The lowest BCUT2D eigenvalue weighted by molar-refractivity contribution is -0.136. The van der Waals surface area contributed by atoms with Crippen LogP contribution in [-0.4, -0.2) is 20.9 Å². The SMILES string of the molecule is O=C(O)Cc1cccc2c1cnn2-c1ccccc1. The van der Waals surface area contributed by atoms with Gasteiger partial charge in [0.05, 0.1) is 23.8 Å². The van der Waals surface area contributed by atoms with Crippen LogP contribution in [0.15, 0.2) is 54.7 Å². The molecule has 4 nitrogen and oxygen atoms in total. The highest BCUT2D eigenvalue weighted by molar-refractivity contribution is 5.87. The van der Waals surface area contributed by atoms with Crippen molar-refractivity contribution in [2.45, 2.75) is 6.42 Å². The van der Waals surface area contributed by atoms with E-state index in [1.807, 2.05) is 53.2 Å². The fourth-order valence-corrected chi connectivity index (χ4v) is 2.20. The molecule has 1 aromatic heterocycles. The van der Waals surface area contributed by atoms with Crippen LogP contribution >= 0.6 is 0 Å². The lowest BCUT2D eigenvalue weighted by Crippen LogP contribution is -2.00. The highest BCUT2D eigenvalue weighted by Crippen LogP contribution is 2.22. The molecule has 2 aromatic carbocycles. The first kappa shape index (κ1) is 11.5. The number of carboxylic acids is 1. The Kier molecular flexibility index (Phi) is 2.76. The number of para-hydroxylation sites is 1. The summed E-state index contributed by atoms with van der Waals surface area (Å²) in [6.45, 7) is 0. The topological polar surface area (TPSA) is 55.1 Å². The maximum absolute atomic E-state index is 10.9. The van der Waals surface area contributed by atoms with E-state index >= 15 is 0 Å². The number of benzene rings is 2. The highest BCUT2D eigenvalue weighted by atomic mass is 16.4. The van der Waals surface area contributed by atoms with Crippen LogP contribution < -0.4 is 0 Å². The summed E-state index contributed by atoms with van der Waals surface area (Å²) in [6, 6.07) is 15.4. The van der Waals surface area contributed by atoms with Crippen LogP contribution in [0, 0.1) is 0 Å². The van der Waals surface area contributed by atoms with E-state index in [-0.39, 0.29) is 6.42 Å². The van der Waals surface area contributed by atoms with Crippen molar-refractivity contribution in [3.63, 3.8) is 0 Å². The predicted octanol–water partition coefficient (Wildman–Crippen LogP) is 2.65. The molecule has 0 spiro atoms. The number of aromatic nitrogens is 2. The van der Waals surface area contributed by atoms with Crippen LogP contribution in [0.4, 0.5) is 0 Å². The van der Waals surface area contributed by atoms with Crippen molar-refractivity contribution < 1.29 is 9.90 Å². The number of hydrogen-bond acceptors (Lipinski definition) is 2. The van der Waals surface area contributed by atoms with Gasteiger partial charge in [0.1, 0.15) is 0 Å². The number of fused-ring (bicyclic) bond motifs is 1. The summed E-state index contributed by atoms with van der Waals surface area (Å²) >= 11 is 0. The van der Waals surface area contributed by atoms with Gasteiger partial charge in [0.25, 0.3) is 0 Å². The number of aliphatic carboxylic acids is 1. The summed E-state index contributed by atoms with van der Waals surface area (Å²) in [7, 11) is 0. The Morgan fingerprint density at radius 3 is 2.63 bits per heavy atom. The Bertz CT molecular complexity index is 732. The Hall–Kier alpha value is -2.62. The molecule has 0 bridgehead atoms. The fraction of sp³-hybridized carbons (Fsp3) is 0.0667. The van der Waals surface area contributed by atoms with Gasteiger partial charge in [-0.2, -0.15) is 5.10 Å². The van der Waals surface area contributed by atoms with Crippen molar-refractivity contribution >= 4 is 16.9 Å². The van der Waals surface area contributed by atoms with Gasteiger partial charge >= 0.3 is 5.97 Å². The summed E-state index contributed by atoms with van der Waals surface area (Å²) in [6.07, 6.45) is 1.73. The second-order valence-corrected chi connectivity index (χ2v) is 4.31. The van der Waals surface area contributed by atoms with E-state index in [2.05, 4.69) is 5.10 Å². The number of carboxylic acid groups (broad SMARTS) is 1. The molecule has 3 rings (SSSR count). The molecular weight excluding hydrogens is 240 g/mol. The summed E-state index contributed by atoms with van der Waals surface area (Å²) in [5.41, 5.74) is 2.67. The lowest BCUT2D eigenvalue weighted by Gasteiger charge is -2.04. The van der Waals surface area contributed by atoms with E-state index in [4.69, 9.17) is 5.11 Å². The molecule has 94 valence electrons. The van der Waals surface area contributed by atoms with Gasteiger partial charge in [0.2, 0.25) is 0 Å². The van der Waals surface area contributed by atoms with Crippen molar-refractivity contribution in [1.82, 2.24) is 9.78 Å². The van der Waals surface area contributed by atoms with Crippen LogP contribution in [0.25, 0.3) is 16.6 Å². The van der Waals surface area contributed by atoms with Gasteiger partial charge in [-0.15, -0.1) is 0 Å². The third-order valence-corrected chi connectivity index (χ3v) is 3.05. The lowest BCUT2D eigenvalue weighted by atomic mass is 10.1. The van der Waals surface area contributed by atoms with Gasteiger partial charge < -0.3 is 5.11 Å². The molecule has 1 N–H and O–H groups in total. The molecule has 19 heavy (non-hydrogen) atoms. The third-order valence-electron chi connectivity index (χ3n) is 3.05. The zero-order chi connectivity index (χ0) is 13.2. The van der Waals surface area contributed by atoms with Gasteiger partial charge in [-0.25, -0.2) is 4.68 Å². The fourth-order valence-electron chi connectivity index (χ4n) is 2.20. The third kappa shape index (κ3) is 2.08. The Balaban J connectivity index is 2.17. The van der Waals surface area contributed by atoms with Crippen molar-refractivity contribution in [3.8, 4) is 5.69 Å². The maximum atomic E-state index is 10.9. The molecule has 0 amide bonds. The summed E-state index contributed by atoms with van der Waals surface area (Å²) < 4.78 is 1.82. The maximum Gasteiger partial charge on any atom is 0.307 e. The van der Waals surface area contributed by atoms with E-state index in [1.165, 1.54) is 0 Å².